The maximum Gasteiger partial charge on any atom is 0.228 e. The number of hydrogen-bond donors (Lipinski definition) is 2. The van der Waals surface area contributed by atoms with Crippen molar-refractivity contribution in [1.29, 1.82) is 0 Å². The van der Waals surface area contributed by atoms with E-state index in [0.717, 1.165) is 24.8 Å². The van der Waals surface area contributed by atoms with Crippen molar-refractivity contribution in [3.63, 3.8) is 0 Å². The van der Waals surface area contributed by atoms with Crippen molar-refractivity contribution < 1.29 is 13.9 Å². The Morgan fingerprint density at radius 1 is 1.11 bits per heavy atom. The average Bonchev–Trinajstić information content (AvgIpc) is 3.60. The van der Waals surface area contributed by atoms with E-state index in [1.54, 1.807) is 30.6 Å². The molecule has 2 fully saturated rings. The Balaban J connectivity index is 1.38. The van der Waals surface area contributed by atoms with Crippen molar-refractivity contribution in [3.05, 3.63) is 66.2 Å². The molecule has 2 aliphatic rings. The van der Waals surface area contributed by atoms with E-state index < -0.39 is 5.82 Å². The average molecular weight is 470 g/mol. The molecule has 2 saturated carbocycles. The second kappa shape index (κ2) is 8.01. The van der Waals surface area contributed by atoms with Crippen LogP contribution in [0.5, 0.6) is 11.6 Å². The van der Waals surface area contributed by atoms with E-state index in [1.165, 1.54) is 12.5 Å². The first-order chi connectivity index (χ1) is 16.9. The van der Waals surface area contributed by atoms with Crippen LogP contribution in [0, 0.1) is 24.1 Å². The molecule has 0 bridgehead atoms. The number of nitrogens with one attached hydrogen (secondary N) is 1. The molecule has 35 heavy (non-hydrogen) atoms. The maximum atomic E-state index is 14.9. The lowest BCUT2D eigenvalue weighted by atomic mass is 9.79. The number of carbonyl (C=O) groups excluding carboxylic acids is 1. The summed E-state index contributed by atoms with van der Waals surface area (Å²) in [5, 5.41) is 4.13. The normalized spacial score (nSPS) is 17.7. The Morgan fingerprint density at radius 2 is 1.94 bits per heavy atom. The van der Waals surface area contributed by atoms with Gasteiger partial charge in [-0.15, -0.1) is 0 Å². The Bertz CT molecular complexity index is 1480. The number of halogens is 1. The summed E-state index contributed by atoms with van der Waals surface area (Å²) in [5.74, 6) is 0.409. The van der Waals surface area contributed by atoms with Gasteiger partial charge in [0.15, 0.2) is 0 Å². The molecule has 1 amide bonds. The van der Waals surface area contributed by atoms with E-state index in [0.29, 0.717) is 33.7 Å². The van der Waals surface area contributed by atoms with E-state index in [1.807, 2.05) is 25.1 Å². The molecule has 1 atom stereocenters. The van der Waals surface area contributed by atoms with E-state index in [2.05, 4.69) is 20.3 Å². The van der Waals surface area contributed by atoms with Gasteiger partial charge in [0.05, 0.1) is 16.9 Å². The molecular formula is C27H24FN5O2. The minimum Gasteiger partial charge on any atom is -0.437 e. The number of amides is 1. The lowest BCUT2D eigenvalue weighted by Crippen LogP contribution is -2.23. The molecule has 7 nitrogen and oxygen atoms in total. The molecule has 1 spiro atoms. The van der Waals surface area contributed by atoms with Crippen LogP contribution in [0.25, 0.3) is 22.0 Å². The molecule has 2 aromatic carbocycles. The smallest absolute Gasteiger partial charge is 0.228 e. The van der Waals surface area contributed by atoms with Gasteiger partial charge in [0, 0.05) is 29.1 Å². The molecule has 8 heteroatoms. The van der Waals surface area contributed by atoms with Gasteiger partial charge in [0.2, 0.25) is 17.7 Å². The zero-order valence-corrected chi connectivity index (χ0v) is 19.2. The predicted molar refractivity (Wildman–Crippen MR) is 131 cm³/mol. The summed E-state index contributed by atoms with van der Waals surface area (Å²) in [5.41, 5.74) is 8.18. The fraction of sp³-hybridized carbons (Fsp3) is 0.259. The van der Waals surface area contributed by atoms with Crippen LogP contribution < -0.4 is 15.8 Å². The van der Waals surface area contributed by atoms with Crippen molar-refractivity contribution in [2.24, 2.45) is 11.3 Å². The minimum absolute atomic E-state index is 0.0246. The van der Waals surface area contributed by atoms with Gasteiger partial charge in [-0.3, -0.25) is 4.79 Å². The fourth-order valence-corrected chi connectivity index (χ4v) is 5.12. The van der Waals surface area contributed by atoms with Gasteiger partial charge < -0.3 is 15.8 Å². The van der Waals surface area contributed by atoms with Crippen LogP contribution >= 0.6 is 0 Å². The Hall–Kier alpha value is -4.07. The van der Waals surface area contributed by atoms with Crippen molar-refractivity contribution in [2.45, 2.75) is 32.6 Å². The lowest BCUT2D eigenvalue weighted by molar-refractivity contribution is -0.118. The Labute approximate surface area is 201 Å². The van der Waals surface area contributed by atoms with Crippen LogP contribution in [0.2, 0.25) is 0 Å². The fourth-order valence-electron chi connectivity index (χ4n) is 5.12. The van der Waals surface area contributed by atoms with E-state index in [4.69, 9.17) is 10.5 Å². The molecule has 2 aliphatic carbocycles. The van der Waals surface area contributed by atoms with Crippen LogP contribution in [-0.4, -0.2) is 20.9 Å². The third-order valence-electron chi connectivity index (χ3n) is 7.32. The van der Waals surface area contributed by atoms with Crippen molar-refractivity contribution in [2.75, 3.05) is 11.1 Å². The molecule has 3 N–H and O–H groups in total. The first-order valence-corrected chi connectivity index (χ1v) is 11.7. The van der Waals surface area contributed by atoms with Crippen LogP contribution in [0.3, 0.4) is 0 Å². The number of hydrogen-bond acceptors (Lipinski definition) is 6. The molecule has 0 aliphatic heterocycles. The highest BCUT2D eigenvalue weighted by Crippen LogP contribution is 2.65. The molecule has 4 aromatic rings. The number of anilines is 2. The van der Waals surface area contributed by atoms with Gasteiger partial charge in [-0.05, 0) is 67.5 Å². The molecule has 0 radical (unpaired) electrons. The Kier molecular flexibility index (Phi) is 4.91. The summed E-state index contributed by atoms with van der Waals surface area (Å²) in [4.78, 5) is 25.6. The minimum atomic E-state index is -0.473. The molecular weight excluding hydrogens is 445 g/mol. The number of aryl methyl sites for hydroxylation is 1. The number of fused-ring (bicyclic) bond motifs is 1. The number of nitrogens with two attached hydrogens (primary N) is 1. The summed E-state index contributed by atoms with van der Waals surface area (Å²) in [6.45, 7) is 1.91. The first kappa shape index (κ1) is 21.5. The number of aromatic nitrogens is 3. The SMILES string of the molecule is Cc1ccc2c(NC(=O)C3CC34CCC4)c(F)ccc2c1Oc1ncccc1-c1ccnc(N)n1. The summed E-state index contributed by atoms with van der Waals surface area (Å²) in [6, 6.07) is 12.0. The molecule has 1 unspecified atom stereocenters. The maximum absolute atomic E-state index is 14.9. The highest BCUT2D eigenvalue weighted by atomic mass is 19.1. The first-order valence-electron chi connectivity index (χ1n) is 11.7. The van der Waals surface area contributed by atoms with Crippen molar-refractivity contribution in [1.82, 2.24) is 15.0 Å². The van der Waals surface area contributed by atoms with Gasteiger partial charge in [-0.1, -0.05) is 18.6 Å². The number of carbonyl (C=O) groups is 1. The predicted octanol–water partition coefficient (Wildman–Crippen LogP) is 5.64. The summed E-state index contributed by atoms with van der Waals surface area (Å²) in [6.07, 6.45) is 7.44. The summed E-state index contributed by atoms with van der Waals surface area (Å²) in [7, 11) is 0. The molecule has 0 saturated heterocycles. The Morgan fingerprint density at radius 3 is 2.69 bits per heavy atom. The number of benzene rings is 2. The highest BCUT2D eigenvalue weighted by molar-refractivity contribution is 6.06. The van der Waals surface area contributed by atoms with E-state index in [-0.39, 0.29) is 28.9 Å². The zero-order valence-electron chi connectivity index (χ0n) is 19.2. The van der Waals surface area contributed by atoms with Gasteiger partial charge in [0.1, 0.15) is 11.6 Å². The van der Waals surface area contributed by atoms with Gasteiger partial charge in [-0.25, -0.2) is 19.3 Å². The number of nitrogens with zero attached hydrogens (tertiary/aromatic N) is 3. The molecule has 176 valence electrons. The molecule has 2 aromatic heterocycles. The van der Waals surface area contributed by atoms with Crippen LogP contribution in [0.1, 0.15) is 31.2 Å². The molecule has 2 heterocycles. The number of ether oxygens (including phenoxy) is 1. The largest absolute Gasteiger partial charge is 0.437 e. The third kappa shape index (κ3) is 3.65. The third-order valence-corrected chi connectivity index (χ3v) is 7.32. The monoisotopic (exact) mass is 469 g/mol. The lowest BCUT2D eigenvalue weighted by Gasteiger charge is -2.26. The number of pyridine rings is 1. The van der Waals surface area contributed by atoms with Gasteiger partial charge >= 0.3 is 0 Å². The summed E-state index contributed by atoms with van der Waals surface area (Å²) < 4.78 is 21.3. The van der Waals surface area contributed by atoms with Crippen molar-refractivity contribution >= 4 is 28.3 Å². The van der Waals surface area contributed by atoms with Crippen LogP contribution in [0.15, 0.2) is 54.9 Å². The highest BCUT2D eigenvalue weighted by Gasteiger charge is 2.60. The number of nitrogen functional groups attached to an aromatic ring is 1. The van der Waals surface area contributed by atoms with Crippen molar-refractivity contribution in [3.8, 4) is 22.9 Å². The second-order valence-corrected chi connectivity index (χ2v) is 9.45. The second-order valence-electron chi connectivity index (χ2n) is 9.45. The zero-order chi connectivity index (χ0) is 24.2. The van der Waals surface area contributed by atoms with Gasteiger partial charge in [-0.2, -0.15) is 0 Å². The van der Waals surface area contributed by atoms with E-state index in [9.17, 15) is 9.18 Å². The molecule has 6 rings (SSSR count). The van der Waals surface area contributed by atoms with E-state index >= 15 is 0 Å². The quantitative estimate of drug-likeness (QED) is 0.392. The topological polar surface area (TPSA) is 103 Å². The summed E-state index contributed by atoms with van der Waals surface area (Å²) >= 11 is 0. The van der Waals surface area contributed by atoms with Crippen LogP contribution in [-0.2, 0) is 4.79 Å². The van der Waals surface area contributed by atoms with Gasteiger partial charge in [0.25, 0.3) is 0 Å². The van der Waals surface area contributed by atoms with Crippen LogP contribution in [0.4, 0.5) is 16.0 Å². The standard InChI is InChI=1S/C27H24FN5O2/c1-15-5-6-16-17(7-8-20(28)22(16)33-24(34)19-14-27(19)10-3-11-27)23(15)35-25-18(4-2-12-30-25)21-9-13-31-26(29)32-21/h2,4-9,12-13,19H,3,10-11,14H2,1H3,(H,33,34)(H2,29,31,32). The number of rotatable bonds is 5.